The topological polar surface area (TPSA) is 146 Å². The molecule has 0 atom stereocenters. The van der Waals surface area contributed by atoms with Gasteiger partial charge in [0.25, 0.3) is 5.69 Å². The van der Waals surface area contributed by atoms with E-state index in [0.29, 0.717) is 11.3 Å². The number of halogens is 3. The number of alkyl halides is 3. The number of amides is 2. The van der Waals surface area contributed by atoms with Gasteiger partial charge in [0.1, 0.15) is 11.5 Å². The number of ketones is 1. The highest BCUT2D eigenvalue weighted by molar-refractivity contribution is 6.24. The van der Waals surface area contributed by atoms with Gasteiger partial charge in [-0.3, -0.25) is 24.5 Å². The first-order valence-electron chi connectivity index (χ1n) is 11.4. The van der Waals surface area contributed by atoms with Crippen LogP contribution in [0.5, 0.6) is 0 Å². The summed E-state index contributed by atoms with van der Waals surface area (Å²) in [7, 11) is 0. The molecule has 12 heteroatoms. The molecule has 0 radical (unpaired) electrons. The predicted molar refractivity (Wildman–Crippen MR) is 139 cm³/mol. The Bertz CT molecular complexity index is 1640. The zero-order valence-corrected chi connectivity index (χ0v) is 20.3. The number of primary amides is 1. The van der Waals surface area contributed by atoms with Crippen molar-refractivity contribution in [3.63, 3.8) is 0 Å². The first-order valence-corrected chi connectivity index (χ1v) is 11.4. The molecular formula is C28H18F3N3O6. The van der Waals surface area contributed by atoms with Gasteiger partial charge >= 0.3 is 12.1 Å². The van der Waals surface area contributed by atoms with Gasteiger partial charge in [-0.25, -0.2) is 0 Å². The molecule has 0 unspecified atom stereocenters. The number of hydrogen-bond donors (Lipinski definition) is 2. The molecule has 202 valence electrons. The number of nitrogens with one attached hydrogen (secondary N) is 1. The summed E-state index contributed by atoms with van der Waals surface area (Å²) in [5.74, 6) is -3.43. The van der Waals surface area contributed by atoms with E-state index in [2.05, 4.69) is 0 Å². The number of carbonyl (C=O) groups is 3. The van der Waals surface area contributed by atoms with Gasteiger partial charge in [0.15, 0.2) is 5.78 Å². The number of hydrogen-bond acceptors (Lipinski definition) is 6. The number of anilines is 1. The second-order valence-corrected chi connectivity index (χ2v) is 8.34. The Balaban J connectivity index is 1.74. The lowest BCUT2D eigenvalue weighted by Crippen LogP contribution is -2.30. The summed E-state index contributed by atoms with van der Waals surface area (Å²) in [6, 6.07) is 19.7. The largest absolute Gasteiger partial charge is 0.471 e. The van der Waals surface area contributed by atoms with E-state index in [1.165, 1.54) is 54.6 Å². The van der Waals surface area contributed by atoms with E-state index in [4.69, 9.17) is 10.2 Å². The Kier molecular flexibility index (Phi) is 7.62. The normalized spacial score (nSPS) is 11.6. The van der Waals surface area contributed by atoms with Crippen molar-refractivity contribution in [2.24, 2.45) is 5.73 Å². The molecule has 3 N–H and O–H groups in total. The third-order valence-corrected chi connectivity index (χ3v) is 5.66. The maximum Gasteiger partial charge on any atom is 0.471 e. The highest BCUT2D eigenvalue weighted by atomic mass is 19.4. The van der Waals surface area contributed by atoms with Crippen LogP contribution in [0.1, 0.15) is 27.2 Å². The van der Waals surface area contributed by atoms with Gasteiger partial charge in [0, 0.05) is 28.8 Å². The SMILES string of the molecule is NC(=O)C(=Cc1ccc(-c2ccc([N+](=O)[O-])cc2)o1)c1ccc(NC(=O)C(F)(F)F)c(C(=O)c2ccccc2)c1. The number of rotatable bonds is 8. The van der Waals surface area contributed by atoms with Crippen LogP contribution in [0.25, 0.3) is 23.0 Å². The molecular weight excluding hydrogens is 531 g/mol. The van der Waals surface area contributed by atoms with E-state index in [1.807, 2.05) is 0 Å². The standard InChI is InChI=1S/C28H18F3N3O6/c29-28(30,31)27(37)33-23-12-8-18(14-22(23)25(35)17-4-2-1-3-5-17)21(26(32)36)15-20-11-13-24(40-20)16-6-9-19(10-7-16)34(38)39/h1-15H,(H2,32,36)(H,33,37). The van der Waals surface area contributed by atoms with Crippen molar-refractivity contribution in [2.45, 2.75) is 6.18 Å². The monoisotopic (exact) mass is 549 g/mol. The lowest BCUT2D eigenvalue weighted by atomic mass is 9.95. The van der Waals surface area contributed by atoms with Crippen LogP contribution in [0.3, 0.4) is 0 Å². The molecule has 4 rings (SSSR count). The van der Waals surface area contributed by atoms with E-state index in [-0.39, 0.29) is 33.7 Å². The van der Waals surface area contributed by atoms with Crippen molar-refractivity contribution in [1.29, 1.82) is 0 Å². The number of nitro groups is 1. The Morgan fingerprint density at radius 1 is 0.900 bits per heavy atom. The Morgan fingerprint density at radius 3 is 2.17 bits per heavy atom. The second-order valence-electron chi connectivity index (χ2n) is 8.34. The van der Waals surface area contributed by atoms with Gasteiger partial charge in [-0.2, -0.15) is 13.2 Å². The fourth-order valence-corrected chi connectivity index (χ4v) is 3.72. The minimum absolute atomic E-state index is 0.0741. The van der Waals surface area contributed by atoms with Crippen molar-refractivity contribution in [2.75, 3.05) is 5.32 Å². The van der Waals surface area contributed by atoms with Crippen molar-refractivity contribution in [1.82, 2.24) is 0 Å². The van der Waals surface area contributed by atoms with E-state index in [9.17, 15) is 37.7 Å². The number of benzene rings is 3. The molecule has 4 aromatic rings. The number of non-ortho nitro benzene ring substituents is 1. The molecule has 0 aliphatic rings. The molecule has 0 aliphatic carbocycles. The Morgan fingerprint density at radius 2 is 1.57 bits per heavy atom. The summed E-state index contributed by atoms with van der Waals surface area (Å²) < 4.78 is 44.5. The third kappa shape index (κ3) is 6.13. The van der Waals surface area contributed by atoms with Crippen LogP contribution in [0.4, 0.5) is 24.5 Å². The molecule has 9 nitrogen and oxygen atoms in total. The molecule has 1 heterocycles. The molecule has 1 aromatic heterocycles. The van der Waals surface area contributed by atoms with Gasteiger partial charge in [-0.05, 0) is 48.0 Å². The van der Waals surface area contributed by atoms with Crippen LogP contribution >= 0.6 is 0 Å². The minimum atomic E-state index is -5.20. The third-order valence-electron chi connectivity index (χ3n) is 5.66. The summed E-state index contributed by atoms with van der Waals surface area (Å²) in [5.41, 5.74) is 5.33. The Labute approximate surface area is 223 Å². The number of nitro benzene ring substituents is 1. The first-order chi connectivity index (χ1) is 18.9. The number of nitrogens with zero attached hydrogens (tertiary/aromatic N) is 1. The van der Waals surface area contributed by atoms with Crippen molar-refractivity contribution < 1.29 is 36.9 Å². The van der Waals surface area contributed by atoms with Crippen LogP contribution in [-0.4, -0.2) is 28.7 Å². The summed E-state index contributed by atoms with van der Waals surface area (Å²) in [6.07, 6.45) is -3.93. The molecule has 3 aromatic carbocycles. The van der Waals surface area contributed by atoms with Gasteiger partial charge in [0.2, 0.25) is 5.91 Å². The Hall–Kier alpha value is -5.52. The minimum Gasteiger partial charge on any atom is -0.457 e. The zero-order valence-electron chi connectivity index (χ0n) is 20.3. The van der Waals surface area contributed by atoms with E-state index in [1.54, 1.807) is 29.6 Å². The van der Waals surface area contributed by atoms with Gasteiger partial charge < -0.3 is 15.5 Å². The first kappa shape index (κ1) is 27.5. The maximum atomic E-state index is 13.2. The quantitative estimate of drug-likeness (QED) is 0.126. The molecule has 0 saturated carbocycles. The van der Waals surface area contributed by atoms with E-state index >= 15 is 0 Å². The molecule has 40 heavy (non-hydrogen) atoms. The number of carbonyl (C=O) groups excluding carboxylic acids is 3. The summed E-state index contributed by atoms with van der Waals surface area (Å²) >= 11 is 0. The molecule has 0 fully saturated rings. The van der Waals surface area contributed by atoms with E-state index < -0.39 is 34.4 Å². The smallest absolute Gasteiger partial charge is 0.457 e. The summed E-state index contributed by atoms with van der Waals surface area (Å²) in [6.45, 7) is 0. The fraction of sp³-hybridized carbons (Fsp3) is 0.0357. The van der Waals surface area contributed by atoms with Gasteiger partial charge in [0.05, 0.1) is 16.2 Å². The summed E-state index contributed by atoms with van der Waals surface area (Å²) in [5, 5.41) is 12.6. The van der Waals surface area contributed by atoms with Crippen molar-refractivity contribution in [3.8, 4) is 11.3 Å². The molecule has 0 aliphatic heterocycles. The molecule has 0 bridgehead atoms. The number of nitrogens with two attached hydrogens (primary N) is 1. The maximum absolute atomic E-state index is 13.2. The fourth-order valence-electron chi connectivity index (χ4n) is 3.72. The lowest BCUT2D eigenvalue weighted by molar-refractivity contribution is -0.384. The van der Waals surface area contributed by atoms with Crippen LogP contribution in [0, 0.1) is 10.1 Å². The van der Waals surface area contributed by atoms with Crippen molar-refractivity contribution >= 4 is 40.6 Å². The molecule has 0 saturated heterocycles. The van der Waals surface area contributed by atoms with Gasteiger partial charge in [-0.15, -0.1) is 0 Å². The lowest BCUT2D eigenvalue weighted by Gasteiger charge is -2.14. The average Bonchev–Trinajstić information content (AvgIpc) is 3.40. The van der Waals surface area contributed by atoms with Crippen LogP contribution in [-0.2, 0) is 9.59 Å². The van der Waals surface area contributed by atoms with E-state index in [0.717, 1.165) is 12.1 Å². The predicted octanol–water partition coefficient (Wildman–Crippen LogP) is 5.61. The highest BCUT2D eigenvalue weighted by Gasteiger charge is 2.39. The number of furan rings is 1. The second kappa shape index (κ2) is 11.1. The highest BCUT2D eigenvalue weighted by Crippen LogP contribution is 2.30. The van der Waals surface area contributed by atoms with Crippen LogP contribution < -0.4 is 11.1 Å². The van der Waals surface area contributed by atoms with Gasteiger partial charge in [-0.1, -0.05) is 36.4 Å². The average molecular weight is 549 g/mol. The molecule has 2 amide bonds. The van der Waals surface area contributed by atoms with Crippen LogP contribution in [0.15, 0.2) is 89.3 Å². The van der Waals surface area contributed by atoms with Crippen molar-refractivity contribution in [3.05, 3.63) is 117 Å². The molecule has 0 spiro atoms. The van der Waals surface area contributed by atoms with Crippen LogP contribution in [0.2, 0.25) is 0 Å². The summed E-state index contributed by atoms with van der Waals surface area (Å²) in [4.78, 5) is 47.5. The zero-order chi connectivity index (χ0) is 29.0.